The van der Waals surface area contributed by atoms with Crippen molar-refractivity contribution in [2.45, 2.75) is 31.2 Å². The van der Waals surface area contributed by atoms with Gasteiger partial charge in [-0.15, -0.1) is 0 Å². The van der Waals surface area contributed by atoms with Gasteiger partial charge in [-0.2, -0.15) is 0 Å². The summed E-state index contributed by atoms with van der Waals surface area (Å²) in [6.45, 7) is 1.26. The summed E-state index contributed by atoms with van der Waals surface area (Å²) in [6, 6.07) is 7.49. The molecule has 1 saturated carbocycles. The summed E-state index contributed by atoms with van der Waals surface area (Å²) in [5, 5.41) is 0. The van der Waals surface area contributed by atoms with Gasteiger partial charge in [0.2, 0.25) is 0 Å². The molecule has 2 atom stereocenters. The third kappa shape index (κ3) is 1.70. The number of Topliss-reactive ketones (excluding diaryl/α,β-unsaturated/α-hetero) is 1. The minimum atomic E-state index is -0.535. The molecule has 4 nitrogen and oxygen atoms in total. The fourth-order valence-corrected chi connectivity index (χ4v) is 3.43. The van der Waals surface area contributed by atoms with E-state index in [1.54, 1.807) is 0 Å². The fraction of sp³-hybridized carbons (Fsp3) is 0.533. The van der Waals surface area contributed by atoms with Gasteiger partial charge in [-0.25, -0.2) is 0 Å². The van der Waals surface area contributed by atoms with Crippen LogP contribution in [-0.2, 0) is 9.47 Å². The highest BCUT2D eigenvalue weighted by Crippen LogP contribution is 2.44. The lowest BCUT2D eigenvalue weighted by atomic mass is 9.76. The first kappa shape index (κ1) is 11.4. The molecule has 100 valence electrons. The van der Waals surface area contributed by atoms with Gasteiger partial charge in [0.15, 0.2) is 11.6 Å². The molecule has 3 aliphatic rings. The van der Waals surface area contributed by atoms with Crippen molar-refractivity contribution in [1.29, 1.82) is 0 Å². The minimum Gasteiger partial charge on any atom is -0.489 e. The normalized spacial score (nSPS) is 31.7. The predicted molar refractivity (Wildman–Crippen MR) is 67.2 cm³/mol. The Kier molecular flexibility index (Phi) is 2.44. The van der Waals surface area contributed by atoms with E-state index < -0.39 is 5.79 Å². The smallest absolute Gasteiger partial charge is 0.173 e. The molecule has 2 unspecified atom stereocenters. The molecule has 0 amide bonds. The third-order valence-corrected chi connectivity index (χ3v) is 4.37. The zero-order valence-corrected chi connectivity index (χ0v) is 10.6. The largest absolute Gasteiger partial charge is 0.489 e. The number of hydrogen-bond acceptors (Lipinski definition) is 4. The number of rotatable bonds is 0. The Bertz CT molecular complexity index is 519. The minimum absolute atomic E-state index is 0.0270. The molecule has 19 heavy (non-hydrogen) atoms. The van der Waals surface area contributed by atoms with Crippen molar-refractivity contribution >= 4 is 5.78 Å². The summed E-state index contributed by atoms with van der Waals surface area (Å²) < 4.78 is 17.5. The van der Waals surface area contributed by atoms with Crippen LogP contribution in [0, 0.1) is 5.92 Å². The zero-order chi connectivity index (χ0) is 12.9. The molecule has 0 bridgehead atoms. The van der Waals surface area contributed by atoms with Gasteiger partial charge < -0.3 is 14.2 Å². The quantitative estimate of drug-likeness (QED) is 0.717. The Hall–Kier alpha value is -1.39. The van der Waals surface area contributed by atoms with Crippen LogP contribution >= 0.6 is 0 Å². The number of ketones is 1. The number of para-hydroxylation sites is 1. The summed E-state index contributed by atoms with van der Waals surface area (Å²) in [5.41, 5.74) is 0.693. The van der Waals surface area contributed by atoms with E-state index in [0.717, 1.165) is 18.6 Å². The van der Waals surface area contributed by atoms with Crippen LogP contribution in [0.3, 0.4) is 0 Å². The number of fused-ring (bicyclic) bond motifs is 2. The van der Waals surface area contributed by atoms with E-state index in [1.807, 2.05) is 24.3 Å². The Labute approximate surface area is 111 Å². The van der Waals surface area contributed by atoms with Crippen LogP contribution in [0.2, 0.25) is 0 Å². The van der Waals surface area contributed by atoms with E-state index in [9.17, 15) is 4.79 Å². The molecular weight excluding hydrogens is 244 g/mol. The Morgan fingerprint density at radius 1 is 1.16 bits per heavy atom. The average Bonchev–Trinajstić information content (AvgIpc) is 2.89. The summed E-state index contributed by atoms with van der Waals surface area (Å²) in [5.74, 6) is 0.219. The molecule has 2 heterocycles. The van der Waals surface area contributed by atoms with Crippen molar-refractivity contribution in [3.63, 3.8) is 0 Å². The molecule has 4 rings (SSSR count). The van der Waals surface area contributed by atoms with Gasteiger partial charge in [-0.1, -0.05) is 12.1 Å². The highest BCUT2D eigenvalue weighted by atomic mass is 16.7. The fourth-order valence-electron chi connectivity index (χ4n) is 3.43. The standard InChI is InChI=1S/C15H16O4/c16-14-10-3-1-2-4-12(10)19-13-5-6-15(9-11(13)14)17-7-8-18-15/h1-4,11,13H,5-9H2. The van der Waals surface area contributed by atoms with Gasteiger partial charge in [0.1, 0.15) is 11.9 Å². The molecule has 1 aliphatic carbocycles. The molecule has 1 spiro atoms. The maximum Gasteiger partial charge on any atom is 0.173 e. The van der Waals surface area contributed by atoms with Crippen molar-refractivity contribution in [1.82, 2.24) is 0 Å². The van der Waals surface area contributed by atoms with Crippen molar-refractivity contribution in [2.75, 3.05) is 13.2 Å². The highest BCUT2D eigenvalue weighted by molar-refractivity contribution is 6.01. The highest BCUT2D eigenvalue weighted by Gasteiger charge is 2.50. The van der Waals surface area contributed by atoms with Gasteiger partial charge in [-0.05, 0) is 18.6 Å². The van der Waals surface area contributed by atoms with Crippen LogP contribution in [0.1, 0.15) is 29.6 Å². The van der Waals surface area contributed by atoms with Gasteiger partial charge in [0.05, 0.1) is 24.7 Å². The Morgan fingerprint density at radius 2 is 1.95 bits per heavy atom. The second-order valence-electron chi connectivity index (χ2n) is 5.47. The van der Waals surface area contributed by atoms with E-state index in [1.165, 1.54) is 0 Å². The van der Waals surface area contributed by atoms with Crippen LogP contribution in [0.4, 0.5) is 0 Å². The van der Waals surface area contributed by atoms with Crippen LogP contribution in [0.5, 0.6) is 5.75 Å². The number of ether oxygens (including phenoxy) is 3. The van der Waals surface area contributed by atoms with Gasteiger partial charge in [-0.3, -0.25) is 4.79 Å². The molecular formula is C15H16O4. The topological polar surface area (TPSA) is 44.8 Å². The van der Waals surface area contributed by atoms with Gasteiger partial charge in [0, 0.05) is 12.8 Å². The summed E-state index contributed by atoms with van der Waals surface area (Å²) in [7, 11) is 0. The van der Waals surface area contributed by atoms with Crippen molar-refractivity contribution in [3.8, 4) is 5.75 Å². The summed E-state index contributed by atoms with van der Waals surface area (Å²) >= 11 is 0. The van der Waals surface area contributed by atoms with Crippen LogP contribution in [0.15, 0.2) is 24.3 Å². The zero-order valence-electron chi connectivity index (χ0n) is 10.6. The third-order valence-electron chi connectivity index (χ3n) is 4.37. The number of hydrogen-bond donors (Lipinski definition) is 0. The lowest BCUT2D eigenvalue weighted by molar-refractivity contribution is -0.195. The molecule has 0 aromatic heterocycles. The molecule has 2 aliphatic heterocycles. The molecule has 1 aromatic carbocycles. The maximum atomic E-state index is 12.6. The first-order valence-corrected chi connectivity index (χ1v) is 6.85. The number of benzene rings is 1. The molecule has 1 saturated heterocycles. The summed E-state index contributed by atoms with van der Waals surface area (Å²) in [4.78, 5) is 12.6. The predicted octanol–water partition coefficient (Wildman–Crippen LogP) is 2.17. The van der Waals surface area contributed by atoms with E-state index in [0.29, 0.717) is 25.2 Å². The second-order valence-corrected chi connectivity index (χ2v) is 5.47. The van der Waals surface area contributed by atoms with Crippen molar-refractivity contribution in [3.05, 3.63) is 29.8 Å². The van der Waals surface area contributed by atoms with Crippen molar-refractivity contribution < 1.29 is 19.0 Å². The Balaban J connectivity index is 1.67. The molecule has 4 heteroatoms. The maximum absolute atomic E-state index is 12.6. The van der Waals surface area contributed by atoms with E-state index >= 15 is 0 Å². The second kappa shape index (κ2) is 4.05. The van der Waals surface area contributed by atoms with E-state index in [4.69, 9.17) is 14.2 Å². The first-order chi connectivity index (χ1) is 9.27. The number of carbonyl (C=O) groups is 1. The van der Waals surface area contributed by atoms with Crippen LogP contribution < -0.4 is 4.74 Å². The van der Waals surface area contributed by atoms with Crippen molar-refractivity contribution in [2.24, 2.45) is 5.92 Å². The average molecular weight is 260 g/mol. The Morgan fingerprint density at radius 3 is 2.79 bits per heavy atom. The lowest BCUT2D eigenvalue weighted by Gasteiger charge is -2.42. The van der Waals surface area contributed by atoms with Gasteiger partial charge in [0.25, 0.3) is 0 Å². The van der Waals surface area contributed by atoms with Gasteiger partial charge >= 0.3 is 0 Å². The van der Waals surface area contributed by atoms with E-state index in [2.05, 4.69) is 0 Å². The van der Waals surface area contributed by atoms with Crippen LogP contribution in [0.25, 0.3) is 0 Å². The molecule has 1 aromatic rings. The SMILES string of the molecule is O=C1c2ccccc2OC2CCC3(CC12)OCCO3. The van der Waals surface area contributed by atoms with Crippen LogP contribution in [-0.4, -0.2) is 30.9 Å². The van der Waals surface area contributed by atoms with E-state index in [-0.39, 0.29) is 17.8 Å². The first-order valence-electron chi connectivity index (χ1n) is 6.85. The molecule has 0 radical (unpaired) electrons. The monoisotopic (exact) mass is 260 g/mol. The number of carbonyl (C=O) groups excluding carboxylic acids is 1. The molecule has 2 fully saturated rings. The molecule has 0 N–H and O–H groups in total. The lowest BCUT2D eigenvalue weighted by Crippen LogP contribution is -2.49. The summed E-state index contributed by atoms with van der Waals surface area (Å²) in [6.07, 6.45) is 2.21.